The van der Waals surface area contributed by atoms with Crippen molar-refractivity contribution in [1.82, 2.24) is 16.0 Å². The smallest absolute Gasteiger partial charge is 0.239 e. The van der Waals surface area contributed by atoms with Crippen molar-refractivity contribution in [3.8, 4) is 0 Å². The molecule has 0 saturated heterocycles. The molecular weight excluding hydrogens is 419 g/mol. The first kappa shape index (κ1) is 23.4. The van der Waals surface area contributed by atoms with Crippen LogP contribution in [-0.4, -0.2) is 51.3 Å². The molecule has 1 aliphatic rings. The van der Waals surface area contributed by atoms with Crippen LogP contribution in [0, 0.1) is 5.41 Å². The van der Waals surface area contributed by atoms with Gasteiger partial charge in [-0.25, -0.2) is 0 Å². The fourth-order valence-corrected chi connectivity index (χ4v) is 3.08. The zero-order chi connectivity index (χ0) is 17.3. The number of carbonyl (C=O) groups excluding carboxylic acids is 1. The van der Waals surface area contributed by atoms with Gasteiger partial charge in [0.05, 0.1) is 6.54 Å². The maximum Gasteiger partial charge on any atom is 0.239 e. The lowest BCUT2D eigenvalue weighted by molar-refractivity contribution is -0.121. The molecule has 1 amide bonds. The molecule has 0 heterocycles. The molecule has 0 aromatic heterocycles. The van der Waals surface area contributed by atoms with E-state index in [9.17, 15) is 4.79 Å². The van der Waals surface area contributed by atoms with Gasteiger partial charge in [-0.05, 0) is 45.4 Å². The van der Waals surface area contributed by atoms with Gasteiger partial charge in [0.1, 0.15) is 0 Å². The van der Waals surface area contributed by atoms with Crippen molar-refractivity contribution in [1.29, 1.82) is 0 Å². The number of rotatable bonds is 7. The molecule has 0 radical (unpaired) electrons. The van der Waals surface area contributed by atoms with Crippen molar-refractivity contribution in [3.05, 3.63) is 0 Å². The van der Waals surface area contributed by atoms with Gasteiger partial charge < -0.3 is 20.7 Å². The summed E-state index contributed by atoms with van der Waals surface area (Å²) in [5.74, 6) is 0.646. The van der Waals surface area contributed by atoms with Gasteiger partial charge in [0, 0.05) is 32.8 Å². The van der Waals surface area contributed by atoms with Gasteiger partial charge in [-0.1, -0.05) is 12.8 Å². The quantitative estimate of drug-likeness (QED) is 0.314. The number of methoxy groups -OCH3 is 1. The van der Waals surface area contributed by atoms with Crippen LogP contribution in [-0.2, 0) is 9.53 Å². The Balaban J connectivity index is 0.00000529. The van der Waals surface area contributed by atoms with E-state index >= 15 is 0 Å². The number of hydrogen-bond acceptors (Lipinski definition) is 3. The highest BCUT2D eigenvalue weighted by Gasteiger charge is 2.33. The van der Waals surface area contributed by atoms with Crippen LogP contribution < -0.4 is 16.0 Å². The number of nitrogens with zero attached hydrogens (tertiary/aromatic N) is 1. The third-order valence-electron chi connectivity index (χ3n) is 4.29. The molecule has 1 fully saturated rings. The molecule has 3 N–H and O–H groups in total. The minimum atomic E-state index is -0.218. The molecule has 6 nitrogen and oxygen atoms in total. The predicted molar refractivity (Wildman–Crippen MR) is 110 cm³/mol. The normalized spacial score (nSPS) is 17.1. The first-order valence-corrected chi connectivity index (χ1v) is 8.55. The molecule has 142 valence electrons. The first-order valence-electron chi connectivity index (χ1n) is 8.55. The number of ether oxygens (including phenoxy) is 1. The number of amides is 1. The predicted octanol–water partition coefficient (Wildman–Crippen LogP) is 2.28. The highest BCUT2D eigenvalue weighted by atomic mass is 127. The van der Waals surface area contributed by atoms with Gasteiger partial charge in [0.2, 0.25) is 5.91 Å². The summed E-state index contributed by atoms with van der Waals surface area (Å²) in [4.78, 5) is 16.1. The molecule has 0 spiro atoms. The van der Waals surface area contributed by atoms with Crippen LogP contribution >= 0.6 is 24.0 Å². The maximum absolute atomic E-state index is 11.9. The Morgan fingerprint density at radius 3 is 2.33 bits per heavy atom. The van der Waals surface area contributed by atoms with Gasteiger partial charge in [-0.15, -0.1) is 24.0 Å². The molecule has 0 aromatic rings. The fourth-order valence-electron chi connectivity index (χ4n) is 3.08. The maximum atomic E-state index is 11.9. The molecule has 0 aromatic carbocycles. The molecule has 0 bridgehead atoms. The van der Waals surface area contributed by atoms with E-state index in [-0.39, 0.29) is 42.0 Å². The topological polar surface area (TPSA) is 74.8 Å². The summed E-state index contributed by atoms with van der Waals surface area (Å²) in [6.07, 6.45) is 6.09. The summed E-state index contributed by atoms with van der Waals surface area (Å²) in [5.41, 5.74) is 0.0745. The van der Waals surface area contributed by atoms with Crippen LogP contribution in [0.1, 0.15) is 52.9 Å². The van der Waals surface area contributed by atoms with E-state index in [2.05, 4.69) is 20.9 Å². The van der Waals surface area contributed by atoms with E-state index < -0.39 is 0 Å². The van der Waals surface area contributed by atoms with Crippen LogP contribution in [0.4, 0.5) is 0 Å². The second-order valence-corrected chi connectivity index (χ2v) is 7.53. The Kier molecular flexibility index (Phi) is 10.9. The zero-order valence-corrected chi connectivity index (χ0v) is 18.2. The van der Waals surface area contributed by atoms with Crippen molar-refractivity contribution in [2.75, 3.05) is 33.9 Å². The average molecular weight is 454 g/mol. The molecule has 0 aliphatic heterocycles. The summed E-state index contributed by atoms with van der Waals surface area (Å²) in [6.45, 7) is 7.80. The molecule has 7 heteroatoms. The summed E-state index contributed by atoms with van der Waals surface area (Å²) in [7, 11) is 3.48. The van der Waals surface area contributed by atoms with Crippen LogP contribution in [0.5, 0.6) is 0 Å². The Bertz CT molecular complexity index is 402. The van der Waals surface area contributed by atoms with Crippen LogP contribution in [0.25, 0.3) is 0 Å². The van der Waals surface area contributed by atoms with Crippen LogP contribution in [0.3, 0.4) is 0 Å². The minimum absolute atomic E-state index is 0. The van der Waals surface area contributed by atoms with Gasteiger partial charge in [-0.2, -0.15) is 0 Å². The van der Waals surface area contributed by atoms with Crippen molar-refractivity contribution in [2.24, 2.45) is 10.4 Å². The second kappa shape index (κ2) is 11.1. The minimum Gasteiger partial charge on any atom is -0.385 e. The molecule has 0 unspecified atom stereocenters. The number of hydrogen-bond donors (Lipinski definition) is 3. The van der Waals surface area contributed by atoms with Crippen molar-refractivity contribution >= 4 is 35.8 Å². The summed E-state index contributed by atoms with van der Waals surface area (Å²) < 4.78 is 5.26. The van der Waals surface area contributed by atoms with Gasteiger partial charge in [0.25, 0.3) is 0 Å². The van der Waals surface area contributed by atoms with E-state index in [0.29, 0.717) is 11.4 Å². The Hall–Kier alpha value is -0.570. The van der Waals surface area contributed by atoms with Crippen molar-refractivity contribution in [2.45, 2.75) is 58.4 Å². The lowest BCUT2D eigenvalue weighted by atomic mass is 9.83. The Morgan fingerprint density at radius 1 is 1.21 bits per heavy atom. The van der Waals surface area contributed by atoms with Crippen LogP contribution in [0.15, 0.2) is 4.99 Å². The zero-order valence-electron chi connectivity index (χ0n) is 15.8. The summed E-state index contributed by atoms with van der Waals surface area (Å²) in [6, 6.07) is 0. The fraction of sp³-hybridized carbons (Fsp3) is 0.882. The lowest BCUT2D eigenvalue weighted by Gasteiger charge is -2.30. The van der Waals surface area contributed by atoms with Gasteiger partial charge in [-0.3, -0.25) is 9.79 Å². The molecule has 1 rings (SSSR count). The van der Waals surface area contributed by atoms with Gasteiger partial charge >= 0.3 is 0 Å². The third kappa shape index (κ3) is 9.05. The molecule has 24 heavy (non-hydrogen) atoms. The number of halogens is 1. The van der Waals surface area contributed by atoms with Crippen molar-refractivity contribution in [3.63, 3.8) is 0 Å². The van der Waals surface area contributed by atoms with E-state index in [4.69, 9.17) is 4.74 Å². The number of aliphatic imine (C=N–C) groups is 1. The van der Waals surface area contributed by atoms with Crippen LogP contribution in [0.2, 0.25) is 0 Å². The first-order chi connectivity index (χ1) is 10.8. The highest BCUT2D eigenvalue weighted by Crippen LogP contribution is 2.40. The van der Waals surface area contributed by atoms with E-state index in [0.717, 1.165) is 19.6 Å². The molecule has 1 aliphatic carbocycles. The Labute approximate surface area is 164 Å². The largest absolute Gasteiger partial charge is 0.385 e. The van der Waals surface area contributed by atoms with Crippen molar-refractivity contribution < 1.29 is 9.53 Å². The van der Waals surface area contributed by atoms with E-state index in [1.54, 1.807) is 14.2 Å². The standard InChI is InChI=1S/C17H34N4O2.HI/c1-16(2,3)21-14(22)12-19-15(18-4)20-13-17(10-11-23-5)8-6-7-9-17;/h6-13H2,1-5H3,(H,21,22)(H2,18,19,20);1H. The molecular formula is C17H35IN4O2. The van der Waals surface area contributed by atoms with E-state index in [1.165, 1.54) is 25.7 Å². The summed E-state index contributed by atoms with van der Waals surface area (Å²) in [5, 5.41) is 9.40. The number of carbonyl (C=O) groups is 1. The summed E-state index contributed by atoms with van der Waals surface area (Å²) >= 11 is 0. The molecule has 1 saturated carbocycles. The lowest BCUT2D eigenvalue weighted by Crippen LogP contribution is -2.49. The third-order valence-corrected chi connectivity index (χ3v) is 4.29. The second-order valence-electron chi connectivity index (χ2n) is 7.53. The number of nitrogens with one attached hydrogen (secondary N) is 3. The average Bonchev–Trinajstić information content (AvgIpc) is 2.93. The number of guanidine groups is 1. The monoisotopic (exact) mass is 454 g/mol. The SMILES string of the molecule is CN=C(NCC(=O)NC(C)(C)C)NCC1(CCOC)CCCC1.I. The highest BCUT2D eigenvalue weighted by molar-refractivity contribution is 14.0. The Morgan fingerprint density at radius 2 is 1.83 bits per heavy atom. The molecule has 0 atom stereocenters. The van der Waals surface area contributed by atoms with E-state index in [1.807, 2.05) is 20.8 Å². The van der Waals surface area contributed by atoms with Gasteiger partial charge in [0.15, 0.2) is 5.96 Å².